The van der Waals surface area contributed by atoms with Crippen molar-refractivity contribution in [3.63, 3.8) is 0 Å². The van der Waals surface area contributed by atoms with E-state index in [2.05, 4.69) is 37.6 Å². The predicted molar refractivity (Wildman–Crippen MR) is 143 cm³/mol. The standard InChI is InChI=1S/C16H17N3.C9H11F.C4H11N/c1-10(2)12-7-8-15(19-16(12)18)13-6-4-5-11(3)14(13)9-17;1-2-4-8-5-3-6-9(10)7-8;1-2-3-4-5/h4,6-8,11H,1,5H2,2-3H3,(H2,18,19);3,5-7H,2,4H2,1H3;2-5H2,1H3. The minimum Gasteiger partial charge on any atom is -0.383 e. The quantitative estimate of drug-likeness (QED) is 0.479. The number of anilines is 1. The highest BCUT2D eigenvalue weighted by Crippen LogP contribution is 2.31. The SMILES string of the molecule is C=C(C)c1ccc(C2=C(C#N)C(C)CC=C2)nc1N.CCCCN.CCCc1cccc(F)c1. The maximum absolute atomic E-state index is 12.5. The number of aryl methyl sites for hydroxylation is 1. The largest absolute Gasteiger partial charge is 0.383 e. The lowest BCUT2D eigenvalue weighted by atomic mass is 9.87. The molecular weight excluding hydrogens is 423 g/mol. The molecule has 1 aliphatic rings. The number of rotatable bonds is 6. The smallest absolute Gasteiger partial charge is 0.131 e. The van der Waals surface area contributed by atoms with E-state index in [4.69, 9.17) is 11.5 Å². The number of hydrogen-bond acceptors (Lipinski definition) is 4. The van der Waals surface area contributed by atoms with Crippen LogP contribution in [0.25, 0.3) is 11.1 Å². The van der Waals surface area contributed by atoms with Crippen LogP contribution in [0, 0.1) is 23.1 Å². The van der Waals surface area contributed by atoms with Gasteiger partial charge in [0.05, 0.1) is 11.8 Å². The van der Waals surface area contributed by atoms with Gasteiger partial charge in [-0.2, -0.15) is 5.26 Å². The lowest BCUT2D eigenvalue weighted by molar-refractivity contribution is 0.625. The number of hydrogen-bond donors (Lipinski definition) is 2. The van der Waals surface area contributed by atoms with Gasteiger partial charge in [0, 0.05) is 16.7 Å². The van der Waals surface area contributed by atoms with Crippen LogP contribution in [0.3, 0.4) is 0 Å². The first-order valence-electron chi connectivity index (χ1n) is 12.0. The lowest BCUT2D eigenvalue weighted by Gasteiger charge is -2.17. The molecule has 0 saturated carbocycles. The molecule has 0 radical (unpaired) electrons. The number of pyridine rings is 1. The number of nitriles is 1. The van der Waals surface area contributed by atoms with Crippen molar-refractivity contribution in [3.8, 4) is 6.07 Å². The molecule has 1 heterocycles. The molecule has 0 bridgehead atoms. The fourth-order valence-electron chi connectivity index (χ4n) is 3.43. The zero-order chi connectivity index (χ0) is 25.5. The normalized spacial score (nSPS) is 14.3. The van der Waals surface area contributed by atoms with Crippen LogP contribution in [0.1, 0.15) is 70.2 Å². The summed E-state index contributed by atoms with van der Waals surface area (Å²) in [5.41, 5.74) is 16.3. The van der Waals surface area contributed by atoms with E-state index in [9.17, 15) is 9.65 Å². The summed E-state index contributed by atoms with van der Waals surface area (Å²) in [6.07, 6.45) is 9.36. The Morgan fingerprint density at radius 2 is 1.97 bits per heavy atom. The maximum atomic E-state index is 12.5. The molecule has 0 spiro atoms. The molecule has 34 heavy (non-hydrogen) atoms. The van der Waals surface area contributed by atoms with Crippen molar-refractivity contribution in [1.82, 2.24) is 4.98 Å². The average Bonchev–Trinajstić information content (AvgIpc) is 2.80. The van der Waals surface area contributed by atoms with E-state index in [1.165, 1.54) is 18.9 Å². The Morgan fingerprint density at radius 3 is 2.47 bits per heavy atom. The third-order valence-electron chi connectivity index (χ3n) is 5.32. The molecule has 4 N–H and O–H groups in total. The lowest BCUT2D eigenvalue weighted by Crippen LogP contribution is -2.06. The third-order valence-corrected chi connectivity index (χ3v) is 5.32. The Balaban J connectivity index is 0.000000321. The molecule has 5 heteroatoms. The van der Waals surface area contributed by atoms with Crippen molar-refractivity contribution in [1.29, 1.82) is 5.26 Å². The predicted octanol–water partition coefficient (Wildman–Crippen LogP) is 7.09. The second kappa shape index (κ2) is 15.6. The first-order valence-corrected chi connectivity index (χ1v) is 12.0. The second-order valence-corrected chi connectivity index (χ2v) is 8.41. The van der Waals surface area contributed by atoms with Crippen molar-refractivity contribution >= 4 is 17.0 Å². The van der Waals surface area contributed by atoms with Crippen LogP contribution in [-0.4, -0.2) is 11.5 Å². The number of nitrogens with two attached hydrogens (primary N) is 2. The number of nitrogen functional groups attached to an aromatic ring is 1. The van der Waals surface area contributed by atoms with Gasteiger partial charge >= 0.3 is 0 Å². The molecule has 3 rings (SSSR count). The topological polar surface area (TPSA) is 88.7 Å². The van der Waals surface area contributed by atoms with Crippen LogP contribution in [0.5, 0.6) is 0 Å². The molecule has 1 aliphatic carbocycles. The summed E-state index contributed by atoms with van der Waals surface area (Å²) in [5.74, 6) is 0.557. The molecule has 0 fully saturated rings. The van der Waals surface area contributed by atoms with Gasteiger partial charge in [-0.05, 0) is 74.1 Å². The minimum atomic E-state index is -0.133. The van der Waals surface area contributed by atoms with Gasteiger partial charge in [0.15, 0.2) is 0 Å². The van der Waals surface area contributed by atoms with Gasteiger partial charge in [-0.1, -0.05) is 64.5 Å². The Morgan fingerprint density at radius 1 is 1.24 bits per heavy atom. The highest BCUT2D eigenvalue weighted by atomic mass is 19.1. The summed E-state index contributed by atoms with van der Waals surface area (Å²) in [7, 11) is 0. The molecule has 0 saturated heterocycles. The Hall–Kier alpha value is -3.23. The third kappa shape index (κ3) is 9.33. The van der Waals surface area contributed by atoms with E-state index in [-0.39, 0.29) is 11.7 Å². The summed E-state index contributed by atoms with van der Waals surface area (Å²) in [6.45, 7) is 12.9. The Kier molecular flexibility index (Phi) is 13.2. The molecule has 1 unspecified atom stereocenters. The molecule has 4 nitrogen and oxygen atoms in total. The highest BCUT2D eigenvalue weighted by Gasteiger charge is 2.18. The maximum Gasteiger partial charge on any atom is 0.131 e. The fraction of sp³-hybridized carbons (Fsp3) is 0.379. The van der Waals surface area contributed by atoms with E-state index in [1.54, 1.807) is 12.1 Å². The van der Waals surface area contributed by atoms with Gasteiger partial charge in [-0.15, -0.1) is 0 Å². The van der Waals surface area contributed by atoms with E-state index in [1.807, 2.05) is 38.1 Å². The van der Waals surface area contributed by atoms with Crippen molar-refractivity contribution < 1.29 is 4.39 Å². The van der Waals surface area contributed by atoms with E-state index in [0.717, 1.165) is 59.3 Å². The van der Waals surface area contributed by atoms with Crippen molar-refractivity contribution in [2.45, 2.75) is 59.8 Å². The fourth-order valence-corrected chi connectivity index (χ4v) is 3.43. The summed E-state index contributed by atoms with van der Waals surface area (Å²) >= 11 is 0. The number of allylic oxidation sites excluding steroid dienone is 5. The Labute approximate surface area is 204 Å². The monoisotopic (exact) mass is 462 g/mol. The Bertz CT molecular complexity index is 1030. The molecule has 1 atom stereocenters. The van der Waals surface area contributed by atoms with Crippen LogP contribution in [0.4, 0.5) is 10.2 Å². The van der Waals surface area contributed by atoms with Gasteiger partial charge < -0.3 is 11.5 Å². The molecule has 0 aliphatic heterocycles. The number of halogens is 1. The van der Waals surface area contributed by atoms with E-state index < -0.39 is 0 Å². The van der Waals surface area contributed by atoms with Crippen LogP contribution in [0.2, 0.25) is 0 Å². The van der Waals surface area contributed by atoms with Crippen LogP contribution >= 0.6 is 0 Å². The van der Waals surface area contributed by atoms with Crippen molar-refractivity contribution in [2.75, 3.05) is 12.3 Å². The summed E-state index contributed by atoms with van der Waals surface area (Å²) in [5, 5.41) is 9.29. The van der Waals surface area contributed by atoms with Crippen molar-refractivity contribution in [3.05, 3.63) is 83.3 Å². The minimum absolute atomic E-state index is 0.133. The molecule has 2 aromatic rings. The number of unbranched alkanes of at least 4 members (excludes halogenated alkanes) is 1. The summed E-state index contributed by atoms with van der Waals surface area (Å²) < 4.78 is 12.5. The average molecular weight is 463 g/mol. The van der Waals surface area contributed by atoms with Crippen LogP contribution in [-0.2, 0) is 6.42 Å². The molecular formula is C29H39FN4. The molecule has 1 aromatic carbocycles. The zero-order valence-corrected chi connectivity index (χ0v) is 21.1. The summed E-state index contributed by atoms with van der Waals surface area (Å²) in [4.78, 5) is 4.41. The highest BCUT2D eigenvalue weighted by molar-refractivity contribution is 5.81. The van der Waals surface area contributed by atoms with E-state index in [0.29, 0.717) is 5.82 Å². The van der Waals surface area contributed by atoms with Crippen LogP contribution in [0.15, 0.2) is 60.7 Å². The zero-order valence-electron chi connectivity index (χ0n) is 21.1. The van der Waals surface area contributed by atoms with Gasteiger partial charge in [0.25, 0.3) is 0 Å². The number of aromatic nitrogens is 1. The van der Waals surface area contributed by atoms with Crippen molar-refractivity contribution in [2.24, 2.45) is 11.7 Å². The second-order valence-electron chi connectivity index (χ2n) is 8.41. The molecule has 1 aromatic heterocycles. The number of nitrogens with zero attached hydrogens (tertiary/aromatic N) is 2. The van der Waals surface area contributed by atoms with E-state index >= 15 is 0 Å². The molecule has 0 amide bonds. The first kappa shape index (κ1) is 28.8. The van der Waals surface area contributed by atoms with Gasteiger partial charge in [0.1, 0.15) is 11.6 Å². The van der Waals surface area contributed by atoms with Gasteiger partial charge in [0.2, 0.25) is 0 Å². The van der Waals surface area contributed by atoms with Gasteiger partial charge in [-0.25, -0.2) is 9.37 Å². The first-order chi connectivity index (χ1) is 16.3. The van der Waals surface area contributed by atoms with Gasteiger partial charge in [-0.3, -0.25) is 0 Å². The van der Waals surface area contributed by atoms with Crippen LogP contribution < -0.4 is 11.5 Å². The summed E-state index contributed by atoms with van der Waals surface area (Å²) in [6, 6.07) is 12.9. The number of benzene rings is 1. The molecule has 182 valence electrons.